The minimum absolute atomic E-state index is 0.131. The molecule has 4 nitrogen and oxygen atoms in total. The van der Waals surface area contributed by atoms with Crippen molar-refractivity contribution in [3.05, 3.63) is 28.3 Å². The minimum Gasteiger partial charge on any atom is -0.496 e. The summed E-state index contributed by atoms with van der Waals surface area (Å²) in [6.07, 6.45) is 0. The molecule has 1 aromatic rings. The van der Waals surface area contributed by atoms with Gasteiger partial charge in [0.15, 0.2) is 0 Å². The standard InChI is InChI=1S/C12H18N2O2/c1-7-6-10(12(15)14-13-4)8(2)9(3)11(7)16-5/h6,13H,1-5H3,(H,14,15). The third kappa shape index (κ3) is 2.17. The van der Waals surface area contributed by atoms with Crippen LogP contribution in [0, 0.1) is 20.8 Å². The lowest BCUT2D eigenvalue weighted by Gasteiger charge is -2.15. The smallest absolute Gasteiger partial charge is 0.265 e. The van der Waals surface area contributed by atoms with E-state index in [4.69, 9.17) is 4.74 Å². The fraction of sp³-hybridized carbons (Fsp3) is 0.417. The van der Waals surface area contributed by atoms with Crippen LogP contribution in [-0.4, -0.2) is 20.1 Å². The second-order valence-corrected chi connectivity index (χ2v) is 3.73. The zero-order valence-corrected chi connectivity index (χ0v) is 10.4. The van der Waals surface area contributed by atoms with Gasteiger partial charge in [0.1, 0.15) is 5.75 Å². The molecule has 0 radical (unpaired) electrons. The van der Waals surface area contributed by atoms with E-state index < -0.39 is 0 Å². The van der Waals surface area contributed by atoms with Gasteiger partial charge in [-0.05, 0) is 43.5 Å². The van der Waals surface area contributed by atoms with Gasteiger partial charge in [0.25, 0.3) is 5.91 Å². The van der Waals surface area contributed by atoms with E-state index in [1.807, 2.05) is 26.8 Å². The largest absolute Gasteiger partial charge is 0.496 e. The van der Waals surface area contributed by atoms with Gasteiger partial charge in [-0.15, -0.1) is 0 Å². The Morgan fingerprint density at radius 2 is 1.88 bits per heavy atom. The Hall–Kier alpha value is -1.55. The lowest BCUT2D eigenvalue weighted by Crippen LogP contribution is -2.34. The van der Waals surface area contributed by atoms with Gasteiger partial charge < -0.3 is 4.74 Å². The molecule has 0 spiro atoms. The summed E-state index contributed by atoms with van der Waals surface area (Å²) in [6, 6.07) is 1.84. The molecule has 2 N–H and O–H groups in total. The summed E-state index contributed by atoms with van der Waals surface area (Å²) in [6.45, 7) is 5.81. The number of hydrazine groups is 1. The number of hydrogen-bond donors (Lipinski definition) is 2. The van der Waals surface area contributed by atoms with E-state index in [0.717, 1.165) is 22.4 Å². The predicted molar refractivity (Wildman–Crippen MR) is 63.7 cm³/mol. The Morgan fingerprint density at radius 1 is 1.25 bits per heavy atom. The summed E-state index contributed by atoms with van der Waals surface area (Å²) < 4.78 is 5.30. The second-order valence-electron chi connectivity index (χ2n) is 3.73. The van der Waals surface area contributed by atoms with Gasteiger partial charge in [-0.1, -0.05) is 0 Å². The zero-order chi connectivity index (χ0) is 12.3. The van der Waals surface area contributed by atoms with Crippen molar-refractivity contribution in [1.29, 1.82) is 0 Å². The summed E-state index contributed by atoms with van der Waals surface area (Å²) in [5.41, 5.74) is 8.77. The fourth-order valence-corrected chi connectivity index (χ4v) is 1.79. The van der Waals surface area contributed by atoms with Crippen molar-refractivity contribution in [2.24, 2.45) is 0 Å². The van der Waals surface area contributed by atoms with E-state index >= 15 is 0 Å². The molecule has 1 rings (SSSR count). The summed E-state index contributed by atoms with van der Waals surface area (Å²) in [4.78, 5) is 11.8. The van der Waals surface area contributed by atoms with Gasteiger partial charge in [-0.3, -0.25) is 10.2 Å². The molecule has 0 saturated heterocycles. The van der Waals surface area contributed by atoms with E-state index in [2.05, 4.69) is 10.9 Å². The van der Waals surface area contributed by atoms with Crippen molar-refractivity contribution in [2.75, 3.05) is 14.2 Å². The Morgan fingerprint density at radius 3 is 2.38 bits per heavy atom. The highest BCUT2D eigenvalue weighted by molar-refractivity contribution is 5.96. The van der Waals surface area contributed by atoms with Crippen LogP contribution in [0.15, 0.2) is 6.07 Å². The van der Waals surface area contributed by atoms with Crippen LogP contribution in [0.4, 0.5) is 0 Å². The van der Waals surface area contributed by atoms with Crippen molar-refractivity contribution < 1.29 is 9.53 Å². The number of benzene rings is 1. The van der Waals surface area contributed by atoms with E-state index in [9.17, 15) is 4.79 Å². The average Bonchev–Trinajstić information content (AvgIpc) is 2.24. The molecule has 0 heterocycles. The van der Waals surface area contributed by atoms with Gasteiger partial charge in [0.05, 0.1) is 7.11 Å². The Balaban J connectivity index is 3.28. The van der Waals surface area contributed by atoms with E-state index in [0.29, 0.717) is 5.56 Å². The Labute approximate surface area is 96.0 Å². The van der Waals surface area contributed by atoms with E-state index in [1.54, 1.807) is 14.2 Å². The molecule has 0 aliphatic heterocycles. The van der Waals surface area contributed by atoms with Gasteiger partial charge in [0.2, 0.25) is 0 Å². The first-order valence-electron chi connectivity index (χ1n) is 5.14. The van der Waals surface area contributed by atoms with Crippen molar-refractivity contribution in [3.63, 3.8) is 0 Å². The highest BCUT2D eigenvalue weighted by atomic mass is 16.5. The maximum absolute atomic E-state index is 11.8. The maximum atomic E-state index is 11.8. The molecule has 16 heavy (non-hydrogen) atoms. The predicted octanol–water partition coefficient (Wildman–Crippen LogP) is 1.48. The molecular formula is C12H18N2O2. The van der Waals surface area contributed by atoms with Crippen LogP contribution in [0.2, 0.25) is 0 Å². The summed E-state index contributed by atoms with van der Waals surface area (Å²) >= 11 is 0. The van der Waals surface area contributed by atoms with Gasteiger partial charge in [0, 0.05) is 12.6 Å². The maximum Gasteiger partial charge on any atom is 0.265 e. The molecule has 0 aliphatic rings. The number of amides is 1. The van der Waals surface area contributed by atoms with Crippen LogP contribution in [0.3, 0.4) is 0 Å². The summed E-state index contributed by atoms with van der Waals surface area (Å²) in [5.74, 6) is 0.715. The van der Waals surface area contributed by atoms with Crippen molar-refractivity contribution >= 4 is 5.91 Å². The monoisotopic (exact) mass is 222 g/mol. The zero-order valence-electron chi connectivity index (χ0n) is 10.4. The van der Waals surface area contributed by atoms with Crippen molar-refractivity contribution in [1.82, 2.24) is 10.9 Å². The summed E-state index contributed by atoms with van der Waals surface area (Å²) in [7, 11) is 3.30. The molecule has 0 fully saturated rings. The van der Waals surface area contributed by atoms with Crippen LogP contribution in [0.5, 0.6) is 5.75 Å². The molecule has 0 aromatic heterocycles. The molecule has 0 aliphatic carbocycles. The molecule has 0 atom stereocenters. The third-order valence-corrected chi connectivity index (χ3v) is 2.71. The summed E-state index contributed by atoms with van der Waals surface area (Å²) in [5, 5.41) is 0. The molecule has 4 heteroatoms. The highest BCUT2D eigenvalue weighted by Crippen LogP contribution is 2.28. The topological polar surface area (TPSA) is 50.4 Å². The number of ether oxygens (including phenoxy) is 1. The van der Waals surface area contributed by atoms with Gasteiger partial charge >= 0.3 is 0 Å². The normalized spacial score (nSPS) is 10.1. The van der Waals surface area contributed by atoms with Crippen molar-refractivity contribution in [2.45, 2.75) is 20.8 Å². The van der Waals surface area contributed by atoms with Crippen LogP contribution >= 0.6 is 0 Å². The quantitative estimate of drug-likeness (QED) is 0.762. The molecular weight excluding hydrogens is 204 g/mol. The lowest BCUT2D eigenvalue weighted by molar-refractivity contribution is 0.0937. The number of hydrogen-bond acceptors (Lipinski definition) is 3. The number of carbonyl (C=O) groups excluding carboxylic acids is 1. The molecule has 0 bridgehead atoms. The SMILES string of the molecule is CNNC(=O)c1cc(C)c(OC)c(C)c1C. The first-order chi connectivity index (χ1) is 7.52. The average molecular weight is 222 g/mol. The Kier molecular flexibility index (Phi) is 3.90. The fourth-order valence-electron chi connectivity index (χ4n) is 1.79. The molecule has 88 valence electrons. The number of aryl methyl sites for hydroxylation is 1. The van der Waals surface area contributed by atoms with Crippen molar-refractivity contribution in [3.8, 4) is 5.75 Å². The first-order valence-corrected chi connectivity index (χ1v) is 5.14. The molecule has 1 aromatic carbocycles. The van der Waals surface area contributed by atoms with Crippen LogP contribution in [0.1, 0.15) is 27.0 Å². The second kappa shape index (κ2) is 4.99. The number of carbonyl (C=O) groups is 1. The first kappa shape index (κ1) is 12.5. The lowest BCUT2D eigenvalue weighted by atomic mass is 9.98. The molecule has 0 unspecified atom stereocenters. The molecule has 0 saturated carbocycles. The van der Waals surface area contributed by atoms with Crippen LogP contribution in [-0.2, 0) is 0 Å². The van der Waals surface area contributed by atoms with Gasteiger partial charge in [-0.2, -0.15) is 0 Å². The van der Waals surface area contributed by atoms with E-state index in [-0.39, 0.29) is 5.91 Å². The molecule has 1 amide bonds. The van der Waals surface area contributed by atoms with Gasteiger partial charge in [-0.25, -0.2) is 5.43 Å². The van der Waals surface area contributed by atoms with Crippen LogP contribution < -0.4 is 15.6 Å². The van der Waals surface area contributed by atoms with E-state index in [1.165, 1.54) is 0 Å². The highest BCUT2D eigenvalue weighted by Gasteiger charge is 2.15. The number of methoxy groups -OCH3 is 1. The van der Waals surface area contributed by atoms with Crippen LogP contribution in [0.25, 0.3) is 0 Å². The minimum atomic E-state index is -0.131. The number of rotatable bonds is 3. The Bertz CT molecular complexity index is 414. The third-order valence-electron chi connectivity index (χ3n) is 2.71. The number of nitrogens with one attached hydrogen (secondary N) is 2.